The first-order chi connectivity index (χ1) is 7.29. The van der Waals surface area contributed by atoms with Crippen molar-refractivity contribution in [3.8, 4) is 0 Å². The zero-order valence-electron chi connectivity index (χ0n) is 9.28. The zero-order chi connectivity index (χ0) is 10.7. The summed E-state index contributed by atoms with van der Waals surface area (Å²) in [7, 11) is 0. The van der Waals surface area contributed by atoms with Crippen LogP contribution in [0.4, 0.5) is 0 Å². The molecular weight excluding hydrogens is 184 g/mol. The first-order valence-corrected chi connectivity index (χ1v) is 5.81. The Morgan fingerprint density at radius 1 is 1.07 bits per heavy atom. The average molecular weight is 202 g/mol. The first-order valence-electron chi connectivity index (χ1n) is 5.81. The van der Waals surface area contributed by atoms with Crippen molar-refractivity contribution in [2.24, 2.45) is 5.92 Å². The minimum absolute atomic E-state index is 0.326. The molecule has 15 heavy (non-hydrogen) atoms. The van der Waals surface area contributed by atoms with Crippen LogP contribution in [0.25, 0.3) is 0 Å². The molecule has 80 valence electrons. The van der Waals surface area contributed by atoms with Crippen LogP contribution in [-0.4, -0.2) is 6.29 Å². The lowest BCUT2D eigenvalue weighted by molar-refractivity contribution is -0.111. The number of hydrogen-bond acceptors (Lipinski definition) is 1. The van der Waals surface area contributed by atoms with Gasteiger partial charge in [-0.25, -0.2) is 0 Å². The number of rotatable bonds is 2. The maximum atomic E-state index is 10.6. The van der Waals surface area contributed by atoms with Gasteiger partial charge >= 0.3 is 0 Å². The Labute approximate surface area is 91.5 Å². The van der Waals surface area contributed by atoms with Crippen LogP contribution in [0, 0.1) is 12.8 Å². The molecule has 0 radical (unpaired) electrons. The highest BCUT2D eigenvalue weighted by atomic mass is 16.1. The third-order valence-electron chi connectivity index (χ3n) is 3.51. The van der Waals surface area contributed by atoms with Crippen LogP contribution >= 0.6 is 0 Å². The fourth-order valence-electron chi connectivity index (χ4n) is 2.43. The molecule has 0 unspecified atom stereocenters. The molecule has 1 aromatic carbocycles. The van der Waals surface area contributed by atoms with E-state index in [4.69, 9.17) is 0 Å². The molecule has 0 atom stereocenters. The summed E-state index contributed by atoms with van der Waals surface area (Å²) in [6, 6.07) is 8.84. The number of carbonyl (C=O) groups is 1. The third kappa shape index (κ3) is 2.47. The van der Waals surface area contributed by atoms with Gasteiger partial charge in [0.1, 0.15) is 6.29 Å². The molecule has 0 amide bonds. The van der Waals surface area contributed by atoms with E-state index in [0.29, 0.717) is 11.8 Å². The lowest BCUT2D eigenvalue weighted by Gasteiger charge is -2.25. The summed E-state index contributed by atoms with van der Waals surface area (Å²) in [5.74, 6) is 1.01. The molecule has 0 bridgehead atoms. The van der Waals surface area contributed by atoms with Crippen LogP contribution in [0.5, 0.6) is 0 Å². The summed E-state index contributed by atoms with van der Waals surface area (Å²) in [6.45, 7) is 2.12. The Hall–Kier alpha value is -1.11. The van der Waals surface area contributed by atoms with Gasteiger partial charge in [-0.2, -0.15) is 0 Å². The Bertz CT molecular complexity index is 318. The van der Waals surface area contributed by atoms with Crippen LogP contribution in [0.2, 0.25) is 0 Å². The molecule has 1 saturated carbocycles. The molecule has 0 N–H and O–H groups in total. The quantitative estimate of drug-likeness (QED) is 0.671. The lowest BCUT2D eigenvalue weighted by Crippen LogP contribution is -2.14. The van der Waals surface area contributed by atoms with E-state index >= 15 is 0 Å². The minimum Gasteiger partial charge on any atom is -0.303 e. The molecule has 2 rings (SSSR count). The number of hydrogen-bond donors (Lipinski definition) is 0. The van der Waals surface area contributed by atoms with Crippen LogP contribution in [0.1, 0.15) is 42.7 Å². The van der Waals surface area contributed by atoms with Crippen LogP contribution < -0.4 is 0 Å². The number of aryl methyl sites for hydroxylation is 1. The smallest absolute Gasteiger partial charge is 0.123 e. The summed E-state index contributed by atoms with van der Waals surface area (Å²) < 4.78 is 0. The molecule has 0 heterocycles. The summed E-state index contributed by atoms with van der Waals surface area (Å²) in [5, 5.41) is 0. The average Bonchev–Trinajstić information content (AvgIpc) is 2.30. The van der Waals surface area contributed by atoms with Gasteiger partial charge in [0.2, 0.25) is 0 Å². The van der Waals surface area contributed by atoms with Crippen LogP contribution in [0.15, 0.2) is 24.3 Å². The second-order valence-corrected chi connectivity index (χ2v) is 4.66. The fourth-order valence-corrected chi connectivity index (χ4v) is 2.43. The normalized spacial score (nSPS) is 26.2. The molecule has 1 heteroatoms. The van der Waals surface area contributed by atoms with Crippen LogP contribution in [0.3, 0.4) is 0 Å². The Balaban J connectivity index is 2.01. The van der Waals surface area contributed by atoms with Gasteiger partial charge in [0.25, 0.3) is 0 Å². The summed E-state index contributed by atoms with van der Waals surface area (Å²) in [5.41, 5.74) is 2.77. The van der Waals surface area contributed by atoms with Gasteiger partial charge < -0.3 is 4.79 Å². The highest BCUT2D eigenvalue weighted by Crippen LogP contribution is 2.34. The molecule has 0 saturated heterocycles. The largest absolute Gasteiger partial charge is 0.303 e. The van der Waals surface area contributed by atoms with Gasteiger partial charge in [0.15, 0.2) is 0 Å². The Morgan fingerprint density at radius 2 is 1.67 bits per heavy atom. The maximum absolute atomic E-state index is 10.6. The second kappa shape index (κ2) is 4.61. The van der Waals surface area contributed by atoms with E-state index in [1.165, 1.54) is 24.0 Å². The molecular formula is C14H18O. The third-order valence-corrected chi connectivity index (χ3v) is 3.51. The number of carbonyl (C=O) groups excluding carboxylic acids is 1. The van der Waals surface area contributed by atoms with Gasteiger partial charge in [-0.1, -0.05) is 29.8 Å². The maximum Gasteiger partial charge on any atom is 0.123 e. The van der Waals surface area contributed by atoms with Crippen LogP contribution in [-0.2, 0) is 4.79 Å². The van der Waals surface area contributed by atoms with E-state index in [2.05, 4.69) is 31.2 Å². The monoisotopic (exact) mass is 202 g/mol. The minimum atomic E-state index is 0.326. The Kier molecular flexibility index (Phi) is 3.20. The summed E-state index contributed by atoms with van der Waals surface area (Å²) >= 11 is 0. The van der Waals surface area contributed by atoms with E-state index < -0.39 is 0 Å². The summed E-state index contributed by atoms with van der Waals surface area (Å²) in [6.07, 6.45) is 5.62. The molecule has 0 aromatic heterocycles. The van der Waals surface area contributed by atoms with Gasteiger partial charge in [0.05, 0.1) is 0 Å². The molecule has 1 aromatic rings. The van der Waals surface area contributed by atoms with Crippen molar-refractivity contribution in [3.05, 3.63) is 35.4 Å². The standard InChI is InChI=1S/C14H18O/c1-11-2-6-13(7-3-11)14-8-4-12(10-15)5-9-14/h2-3,6-7,10,12,14H,4-5,8-9H2,1H3. The fraction of sp³-hybridized carbons (Fsp3) is 0.500. The molecule has 0 spiro atoms. The second-order valence-electron chi connectivity index (χ2n) is 4.66. The first kappa shape index (κ1) is 10.4. The topological polar surface area (TPSA) is 17.1 Å². The van der Waals surface area contributed by atoms with E-state index in [9.17, 15) is 4.79 Å². The van der Waals surface area contributed by atoms with E-state index in [1.54, 1.807) is 0 Å². The number of aldehydes is 1. The van der Waals surface area contributed by atoms with Crippen molar-refractivity contribution in [2.75, 3.05) is 0 Å². The lowest BCUT2D eigenvalue weighted by atomic mass is 9.79. The van der Waals surface area contributed by atoms with E-state index in [1.807, 2.05) is 0 Å². The molecule has 1 aliphatic carbocycles. The summed E-state index contributed by atoms with van der Waals surface area (Å²) in [4.78, 5) is 10.6. The van der Waals surface area contributed by atoms with Crippen molar-refractivity contribution >= 4 is 6.29 Å². The van der Waals surface area contributed by atoms with Crippen molar-refractivity contribution in [3.63, 3.8) is 0 Å². The van der Waals surface area contributed by atoms with E-state index in [-0.39, 0.29) is 0 Å². The SMILES string of the molecule is Cc1ccc(C2CCC(C=O)CC2)cc1. The van der Waals surface area contributed by atoms with E-state index in [0.717, 1.165) is 19.1 Å². The Morgan fingerprint density at radius 3 is 2.20 bits per heavy atom. The predicted molar refractivity (Wildman–Crippen MR) is 61.9 cm³/mol. The molecule has 1 nitrogen and oxygen atoms in total. The number of benzene rings is 1. The van der Waals surface area contributed by atoms with Crippen molar-refractivity contribution in [1.29, 1.82) is 0 Å². The zero-order valence-corrected chi connectivity index (χ0v) is 9.28. The van der Waals surface area contributed by atoms with Crippen molar-refractivity contribution in [2.45, 2.75) is 38.5 Å². The predicted octanol–water partition coefficient (Wildman–Crippen LogP) is 3.47. The molecule has 0 aliphatic heterocycles. The van der Waals surface area contributed by atoms with Crippen molar-refractivity contribution < 1.29 is 4.79 Å². The molecule has 1 aliphatic rings. The molecule has 1 fully saturated rings. The highest BCUT2D eigenvalue weighted by Gasteiger charge is 2.21. The van der Waals surface area contributed by atoms with Crippen molar-refractivity contribution in [1.82, 2.24) is 0 Å². The van der Waals surface area contributed by atoms with Gasteiger partial charge in [0, 0.05) is 5.92 Å². The highest BCUT2D eigenvalue weighted by molar-refractivity contribution is 5.53. The van der Waals surface area contributed by atoms with Gasteiger partial charge in [-0.15, -0.1) is 0 Å². The van der Waals surface area contributed by atoms with Gasteiger partial charge in [-0.3, -0.25) is 0 Å². The van der Waals surface area contributed by atoms with Gasteiger partial charge in [-0.05, 0) is 44.1 Å².